The summed E-state index contributed by atoms with van der Waals surface area (Å²) < 4.78 is 0. The van der Waals surface area contributed by atoms with Crippen LogP contribution in [0.15, 0.2) is 558 Å². The molecule has 3 heteroatoms. The first kappa shape index (κ1) is 87.4. The zero-order chi connectivity index (χ0) is 96.0. The Balaban J connectivity index is 0.000000111. The first-order valence-electron chi connectivity index (χ1n) is 50.6. The minimum atomic E-state index is -0.678. The molecule has 0 amide bonds. The average molecular weight is 1890 g/mol. The standard InChI is InChI=1S/C50H34Si.2C46H32Si/c1-2-18-39(19-3-1)51-40-27-28-46-48(32-40)50(47-31-37-15-6-7-20-41(37)42-21-8-9-22-43(42)47)45-24-11-10-23-44(45)49(46)38-17-12-16-35(30-38)36-26-25-33-13-4-5-14-34(33)29-36;1-2-17-39(18-3-1)47-40-25-26-43-44(30-40)46(37-16-10-15-35(29-37)36-23-21-31-11-4-6-13-33(31)27-36)42-20-9-8-19-41(42)45(43)38-24-22-32-12-5-7-14-34(32)28-38;1-2-18-37(19-3-1)47-38-26-27-43-44(30-38)45(36-17-10-16-34(29-36)35-25-24-31-12-4-5-14-33(31)28-35)41-21-8-9-22-42(41)46(43)40-23-11-15-32-13-6-7-20-39(32)40/h1-32H,51H2;2*1-30H,47H2. The second-order valence-corrected chi connectivity index (χ2v) is 44.7. The normalized spacial score (nSPS) is 11.8. The molecule has 0 fully saturated rings. The minimum absolute atomic E-state index is 0.642. The van der Waals surface area contributed by atoms with Gasteiger partial charge in [-0.25, -0.2) is 0 Å². The lowest BCUT2D eigenvalue weighted by Gasteiger charge is -2.20. The lowest BCUT2D eigenvalue weighted by atomic mass is 9.83. The third-order valence-corrected chi connectivity index (χ3v) is 35.0. The molecule has 28 rings (SSSR count). The first-order chi connectivity index (χ1) is 71.9. The zero-order valence-electron chi connectivity index (χ0n) is 80.2. The molecule has 0 bridgehead atoms. The van der Waals surface area contributed by atoms with Gasteiger partial charge in [-0.1, -0.05) is 541 Å². The topological polar surface area (TPSA) is 0 Å². The van der Waals surface area contributed by atoms with Crippen molar-refractivity contribution in [3.63, 3.8) is 0 Å². The highest BCUT2D eigenvalue weighted by atomic mass is 28.2. The van der Waals surface area contributed by atoms with E-state index in [1.165, 1.54) is 271 Å². The van der Waals surface area contributed by atoms with Crippen LogP contribution in [-0.4, -0.2) is 28.6 Å². The van der Waals surface area contributed by atoms with Crippen molar-refractivity contribution in [1.82, 2.24) is 0 Å². The fourth-order valence-electron chi connectivity index (χ4n) is 23.0. The van der Waals surface area contributed by atoms with Crippen LogP contribution < -0.4 is 31.1 Å². The third-order valence-electron chi connectivity index (χ3n) is 29.9. The summed E-state index contributed by atoms with van der Waals surface area (Å²) in [5.41, 5.74) is 22.9. The van der Waals surface area contributed by atoms with Crippen LogP contribution in [0, 0.1) is 0 Å². The molecule has 0 saturated carbocycles. The first-order valence-corrected chi connectivity index (χ1v) is 54.8. The zero-order valence-corrected chi connectivity index (χ0v) is 84.5. The molecule has 0 aliphatic carbocycles. The molecule has 0 N–H and O–H groups in total. The average Bonchev–Trinajstić information content (AvgIpc) is 0.749. The van der Waals surface area contributed by atoms with Gasteiger partial charge in [-0.3, -0.25) is 0 Å². The van der Waals surface area contributed by atoms with Gasteiger partial charge in [0.1, 0.15) is 0 Å². The van der Waals surface area contributed by atoms with E-state index in [4.69, 9.17) is 0 Å². The van der Waals surface area contributed by atoms with Crippen molar-refractivity contribution >= 4 is 200 Å². The molecule has 28 aromatic rings. The number of hydrogen-bond donors (Lipinski definition) is 0. The van der Waals surface area contributed by atoms with E-state index < -0.39 is 28.6 Å². The van der Waals surface area contributed by atoms with Crippen LogP contribution in [0.3, 0.4) is 0 Å². The lowest BCUT2D eigenvalue weighted by Crippen LogP contribution is -2.26. The summed E-state index contributed by atoms with van der Waals surface area (Å²) in [5, 5.41) is 42.1. The Morgan fingerprint density at radius 1 is 0.0897 bits per heavy atom. The van der Waals surface area contributed by atoms with Crippen LogP contribution >= 0.6 is 0 Å². The molecule has 28 aromatic carbocycles. The van der Waals surface area contributed by atoms with Gasteiger partial charge in [0, 0.05) is 0 Å². The van der Waals surface area contributed by atoms with Crippen LogP contribution in [0.5, 0.6) is 0 Å². The Bertz CT molecular complexity index is 9920. The summed E-state index contributed by atoms with van der Waals surface area (Å²) in [6.07, 6.45) is 0. The Hall–Kier alpha value is -17.8. The molecular weight excluding hydrogens is 1790 g/mol. The number of rotatable bonds is 15. The SMILES string of the molecule is c1ccc([SiH2]c2ccc3c(-c4ccc5ccccc5c4)c4ccccc4c(-c4cccc(-c5ccc6ccccc6c5)c4)c3c2)cc1.c1ccc([SiH2]c2ccc3c(-c4cccc(-c5ccc6ccccc6c5)c4)c4ccccc4c(-c4cc5ccccc5c5ccccc45)c3c2)cc1.c1ccc([SiH2]c2ccc3c(-c4cccc5ccccc45)c4ccccc4c(-c4cccc(-c5ccc6ccccc6c5)c4)c3c2)cc1. The van der Waals surface area contributed by atoms with Crippen molar-refractivity contribution in [1.29, 1.82) is 0 Å². The van der Waals surface area contributed by atoms with Gasteiger partial charge in [-0.2, -0.15) is 0 Å². The van der Waals surface area contributed by atoms with E-state index in [1.807, 2.05) is 0 Å². The van der Waals surface area contributed by atoms with Gasteiger partial charge in [0.05, 0.1) is 28.6 Å². The maximum Gasteiger partial charge on any atom is 0.0875 e. The van der Waals surface area contributed by atoms with E-state index in [1.54, 1.807) is 0 Å². The molecule has 0 aliphatic heterocycles. The van der Waals surface area contributed by atoms with E-state index >= 15 is 0 Å². The molecule has 678 valence electrons. The molecule has 0 radical (unpaired) electrons. The van der Waals surface area contributed by atoms with Crippen molar-refractivity contribution in [2.45, 2.75) is 0 Å². The Labute approximate surface area is 851 Å². The summed E-state index contributed by atoms with van der Waals surface area (Å²) in [6, 6.07) is 207. The summed E-state index contributed by atoms with van der Waals surface area (Å²) >= 11 is 0. The maximum atomic E-state index is 2.52. The molecule has 0 heterocycles. The molecule has 0 aromatic heterocycles. The van der Waals surface area contributed by atoms with Gasteiger partial charge >= 0.3 is 0 Å². The number of fused-ring (bicyclic) bond motifs is 14. The predicted molar refractivity (Wildman–Crippen MR) is 639 cm³/mol. The fourth-order valence-corrected chi connectivity index (χ4v) is 27.6. The molecular formula is C142H98Si3. The smallest absolute Gasteiger partial charge is 0.0633 e. The van der Waals surface area contributed by atoms with Gasteiger partial charge in [0.15, 0.2) is 0 Å². The second kappa shape index (κ2) is 38.3. The van der Waals surface area contributed by atoms with Gasteiger partial charge in [0.2, 0.25) is 0 Å². The molecule has 0 unspecified atom stereocenters. The minimum Gasteiger partial charge on any atom is -0.0633 e. The Morgan fingerprint density at radius 2 is 0.331 bits per heavy atom. The van der Waals surface area contributed by atoms with Crippen LogP contribution in [0.4, 0.5) is 0 Å². The van der Waals surface area contributed by atoms with Gasteiger partial charge in [-0.05, 0) is 289 Å². The molecule has 0 spiro atoms. The van der Waals surface area contributed by atoms with Crippen molar-refractivity contribution in [3.8, 4) is 100 Å². The Morgan fingerprint density at radius 3 is 0.724 bits per heavy atom. The number of benzene rings is 28. The molecule has 0 nitrogen and oxygen atoms in total. The van der Waals surface area contributed by atoms with Crippen LogP contribution in [-0.2, 0) is 0 Å². The van der Waals surface area contributed by atoms with Crippen molar-refractivity contribution < 1.29 is 0 Å². The highest BCUT2D eigenvalue weighted by Gasteiger charge is 2.25. The second-order valence-electron chi connectivity index (χ2n) is 38.7. The predicted octanol–water partition coefficient (Wildman–Crippen LogP) is 32.4. The van der Waals surface area contributed by atoms with Gasteiger partial charge < -0.3 is 0 Å². The highest BCUT2D eigenvalue weighted by molar-refractivity contribution is 6.69. The molecule has 0 atom stereocenters. The summed E-state index contributed by atoms with van der Waals surface area (Å²) in [7, 11) is -1.97. The summed E-state index contributed by atoms with van der Waals surface area (Å²) in [6.45, 7) is 0. The van der Waals surface area contributed by atoms with Crippen LogP contribution in [0.25, 0.3) is 240 Å². The van der Waals surface area contributed by atoms with E-state index in [-0.39, 0.29) is 0 Å². The number of hydrogen-bond acceptors (Lipinski definition) is 0. The lowest BCUT2D eigenvalue weighted by molar-refractivity contribution is 1.63. The van der Waals surface area contributed by atoms with Gasteiger partial charge in [0.25, 0.3) is 0 Å². The monoisotopic (exact) mass is 1890 g/mol. The third kappa shape index (κ3) is 16.9. The van der Waals surface area contributed by atoms with Crippen LogP contribution in [0.2, 0.25) is 0 Å². The molecule has 0 saturated heterocycles. The fraction of sp³-hybridized carbons (Fsp3) is 0. The molecule has 0 aliphatic rings. The van der Waals surface area contributed by atoms with Crippen molar-refractivity contribution in [2.75, 3.05) is 0 Å². The highest BCUT2D eigenvalue weighted by Crippen LogP contribution is 2.51. The maximum absolute atomic E-state index is 2.52. The van der Waals surface area contributed by atoms with E-state index in [0.717, 1.165) is 0 Å². The van der Waals surface area contributed by atoms with E-state index in [0.29, 0.717) is 0 Å². The quantitative estimate of drug-likeness (QED) is 0.0545. The largest absolute Gasteiger partial charge is 0.0875 e. The van der Waals surface area contributed by atoms with E-state index in [2.05, 4.69) is 558 Å². The summed E-state index contributed by atoms with van der Waals surface area (Å²) in [4.78, 5) is 0. The van der Waals surface area contributed by atoms with Gasteiger partial charge in [-0.15, -0.1) is 0 Å². The molecule has 145 heavy (non-hydrogen) atoms. The van der Waals surface area contributed by atoms with Crippen molar-refractivity contribution in [3.05, 3.63) is 558 Å². The van der Waals surface area contributed by atoms with E-state index in [9.17, 15) is 0 Å². The Kier molecular flexibility index (Phi) is 23.1. The van der Waals surface area contributed by atoms with Crippen molar-refractivity contribution in [2.24, 2.45) is 0 Å². The summed E-state index contributed by atoms with van der Waals surface area (Å²) in [5.74, 6) is 0. The van der Waals surface area contributed by atoms with Crippen LogP contribution in [0.1, 0.15) is 0 Å².